The van der Waals surface area contributed by atoms with Crippen molar-refractivity contribution in [3.05, 3.63) is 106 Å². The van der Waals surface area contributed by atoms with E-state index in [9.17, 15) is 9.90 Å². The Kier molecular flexibility index (Phi) is 4.95. The number of hydrogen-bond acceptors (Lipinski definition) is 2. The molecule has 0 aromatic heterocycles. The minimum absolute atomic E-state index is 0.0679. The first-order valence-corrected chi connectivity index (χ1v) is 9.36. The molecule has 1 N–H and O–H groups in total. The number of anilines is 1. The van der Waals surface area contributed by atoms with Crippen LogP contribution in [0.3, 0.4) is 0 Å². The van der Waals surface area contributed by atoms with Gasteiger partial charge in [0.25, 0.3) is 5.91 Å². The Morgan fingerprint density at radius 2 is 1.54 bits per heavy atom. The summed E-state index contributed by atoms with van der Waals surface area (Å²) in [4.78, 5) is 14.7. The molecule has 0 aliphatic carbocycles. The van der Waals surface area contributed by atoms with E-state index in [1.54, 1.807) is 24.3 Å². The molecule has 138 valence electrons. The zero-order valence-corrected chi connectivity index (χ0v) is 16.2. The Hall–Kier alpha value is -3.01. The van der Waals surface area contributed by atoms with E-state index in [0.29, 0.717) is 27.0 Å². The third-order valence-electron chi connectivity index (χ3n) is 4.42. The van der Waals surface area contributed by atoms with Gasteiger partial charge in [-0.25, -0.2) is 0 Å². The molecule has 3 aromatic rings. The van der Waals surface area contributed by atoms with E-state index >= 15 is 0 Å². The Morgan fingerprint density at radius 1 is 0.857 bits per heavy atom. The maximum Gasteiger partial charge on any atom is 0.263 e. The van der Waals surface area contributed by atoms with Crippen molar-refractivity contribution in [3.8, 4) is 5.75 Å². The molecule has 5 heteroatoms. The van der Waals surface area contributed by atoms with Gasteiger partial charge in [0.15, 0.2) is 0 Å². The van der Waals surface area contributed by atoms with Gasteiger partial charge in [-0.1, -0.05) is 65.7 Å². The van der Waals surface area contributed by atoms with Crippen molar-refractivity contribution in [1.29, 1.82) is 0 Å². The van der Waals surface area contributed by atoms with E-state index < -0.39 is 0 Å². The van der Waals surface area contributed by atoms with Crippen LogP contribution in [0.2, 0.25) is 10.0 Å². The molecular formula is C23H15Cl2NO2. The average Bonchev–Trinajstić information content (AvgIpc) is 3.00. The van der Waals surface area contributed by atoms with Gasteiger partial charge in [-0.2, -0.15) is 0 Å². The van der Waals surface area contributed by atoms with Crippen molar-refractivity contribution < 1.29 is 9.90 Å². The van der Waals surface area contributed by atoms with Gasteiger partial charge < -0.3 is 5.11 Å². The molecule has 0 spiro atoms. The van der Waals surface area contributed by atoms with E-state index in [1.165, 1.54) is 11.0 Å². The fourth-order valence-corrected chi connectivity index (χ4v) is 3.39. The fraction of sp³-hybridized carbons (Fsp3) is 0. The number of carbonyl (C=O) groups excluding carboxylic acids is 1. The molecule has 1 aliphatic heterocycles. The molecule has 1 amide bonds. The molecule has 3 nitrogen and oxygen atoms in total. The lowest BCUT2D eigenvalue weighted by Crippen LogP contribution is -2.25. The third-order valence-corrected chi connectivity index (χ3v) is 4.91. The van der Waals surface area contributed by atoms with Crippen LogP contribution < -0.4 is 4.90 Å². The van der Waals surface area contributed by atoms with Crippen molar-refractivity contribution >= 4 is 46.6 Å². The number of nitrogens with zero attached hydrogens (tertiary/aromatic N) is 1. The number of aromatic hydroxyl groups is 1. The summed E-state index contributed by atoms with van der Waals surface area (Å²) < 4.78 is 0. The van der Waals surface area contributed by atoms with Crippen molar-refractivity contribution in [1.82, 2.24) is 0 Å². The first kappa shape index (κ1) is 18.4. The highest BCUT2D eigenvalue weighted by Crippen LogP contribution is 2.40. The molecule has 0 saturated carbocycles. The highest BCUT2D eigenvalue weighted by atomic mass is 35.5. The zero-order valence-electron chi connectivity index (χ0n) is 14.6. The van der Waals surface area contributed by atoms with Gasteiger partial charge in [-0.15, -0.1) is 0 Å². The number of amides is 1. The average molecular weight is 408 g/mol. The van der Waals surface area contributed by atoms with Crippen molar-refractivity contribution in [3.63, 3.8) is 0 Å². The number of phenols is 1. The second kappa shape index (κ2) is 7.55. The van der Waals surface area contributed by atoms with Gasteiger partial charge in [0, 0.05) is 21.7 Å². The Bertz CT molecular complexity index is 1100. The summed E-state index contributed by atoms with van der Waals surface area (Å²) in [5.74, 6) is -0.298. The zero-order chi connectivity index (χ0) is 19.7. The van der Waals surface area contributed by atoms with Gasteiger partial charge in [0.1, 0.15) is 5.75 Å². The Morgan fingerprint density at radius 3 is 2.21 bits per heavy atom. The molecule has 0 fully saturated rings. The first-order valence-electron chi connectivity index (χ1n) is 8.60. The molecule has 1 heterocycles. The molecule has 0 saturated heterocycles. The summed E-state index contributed by atoms with van der Waals surface area (Å²) in [5.41, 5.74) is 3.27. The summed E-state index contributed by atoms with van der Waals surface area (Å²) in [5, 5.41) is 11.4. The van der Waals surface area contributed by atoms with E-state index in [1.807, 2.05) is 54.6 Å². The van der Waals surface area contributed by atoms with Crippen LogP contribution in [-0.4, -0.2) is 11.0 Å². The highest BCUT2D eigenvalue weighted by Gasteiger charge is 2.32. The number of phenolic OH excluding ortho intramolecular Hbond substituents is 1. The molecule has 3 aromatic carbocycles. The van der Waals surface area contributed by atoms with Crippen molar-refractivity contribution in [2.24, 2.45) is 0 Å². The van der Waals surface area contributed by atoms with Gasteiger partial charge in [-0.3, -0.25) is 9.69 Å². The normalized spacial score (nSPS) is 15.2. The summed E-state index contributed by atoms with van der Waals surface area (Å²) in [6.07, 6.45) is 3.64. The quantitative estimate of drug-likeness (QED) is 0.527. The molecule has 28 heavy (non-hydrogen) atoms. The lowest BCUT2D eigenvalue weighted by molar-refractivity contribution is -0.113. The molecule has 4 rings (SSSR count). The largest absolute Gasteiger partial charge is 0.506 e. The second-order valence-electron chi connectivity index (χ2n) is 6.32. The van der Waals surface area contributed by atoms with Gasteiger partial charge in [-0.05, 0) is 47.5 Å². The Labute approximate surface area is 172 Å². The van der Waals surface area contributed by atoms with Crippen LogP contribution in [0.1, 0.15) is 11.1 Å². The van der Waals surface area contributed by atoms with Crippen LogP contribution >= 0.6 is 23.2 Å². The van der Waals surface area contributed by atoms with Crippen LogP contribution in [0.4, 0.5) is 5.69 Å². The second-order valence-corrected chi connectivity index (χ2v) is 7.19. The van der Waals surface area contributed by atoms with E-state index in [-0.39, 0.29) is 11.7 Å². The number of hydrogen-bond donors (Lipinski definition) is 1. The van der Waals surface area contributed by atoms with Gasteiger partial charge in [0.2, 0.25) is 0 Å². The van der Waals surface area contributed by atoms with Crippen LogP contribution in [-0.2, 0) is 4.79 Å². The molecule has 0 bridgehead atoms. The summed E-state index contributed by atoms with van der Waals surface area (Å²) >= 11 is 12.0. The molecule has 0 radical (unpaired) electrons. The van der Waals surface area contributed by atoms with Gasteiger partial charge >= 0.3 is 0 Å². The first-order chi connectivity index (χ1) is 13.5. The minimum Gasteiger partial charge on any atom is -0.506 e. The van der Waals surface area contributed by atoms with E-state index in [2.05, 4.69) is 0 Å². The lowest BCUT2D eigenvalue weighted by atomic mass is 10.1. The molecule has 0 atom stereocenters. The SMILES string of the molecule is O=C1/C(=C/c2ccccc2)C=C(c2ccc(Cl)cc2)N1c1ccc(Cl)cc1O. The van der Waals surface area contributed by atoms with Crippen LogP contribution in [0.25, 0.3) is 11.8 Å². The van der Waals surface area contributed by atoms with Crippen molar-refractivity contribution in [2.75, 3.05) is 4.90 Å². The molecule has 0 unspecified atom stereocenters. The number of benzene rings is 3. The summed E-state index contributed by atoms with van der Waals surface area (Å²) in [6, 6.07) is 21.5. The van der Waals surface area contributed by atoms with Crippen LogP contribution in [0.5, 0.6) is 5.75 Å². The van der Waals surface area contributed by atoms with Crippen LogP contribution in [0, 0.1) is 0 Å². The fourth-order valence-electron chi connectivity index (χ4n) is 3.10. The topological polar surface area (TPSA) is 40.5 Å². The Balaban J connectivity index is 1.85. The standard InChI is InChI=1S/C23H15Cl2NO2/c24-18-8-6-16(7-9-18)21-13-17(12-15-4-2-1-3-5-15)23(28)26(21)20-11-10-19(25)14-22(20)27/h1-14,27H/b17-12+. The third kappa shape index (κ3) is 3.55. The number of halogens is 2. The maximum absolute atomic E-state index is 13.2. The van der Waals surface area contributed by atoms with Crippen LogP contribution in [0.15, 0.2) is 84.4 Å². The number of rotatable bonds is 3. The highest BCUT2D eigenvalue weighted by molar-refractivity contribution is 6.31. The predicted octanol–water partition coefficient (Wildman–Crippen LogP) is 6.17. The van der Waals surface area contributed by atoms with E-state index in [0.717, 1.165) is 11.1 Å². The summed E-state index contributed by atoms with van der Waals surface area (Å²) in [7, 11) is 0. The minimum atomic E-state index is -0.230. The predicted molar refractivity (Wildman–Crippen MR) is 114 cm³/mol. The molecule has 1 aliphatic rings. The smallest absolute Gasteiger partial charge is 0.263 e. The monoisotopic (exact) mass is 407 g/mol. The van der Waals surface area contributed by atoms with E-state index in [4.69, 9.17) is 23.2 Å². The van der Waals surface area contributed by atoms with Crippen molar-refractivity contribution in [2.45, 2.75) is 0 Å². The maximum atomic E-state index is 13.2. The van der Waals surface area contributed by atoms with Gasteiger partial charge in [0.05, 0.1) is 11.4 Å². The molecular weight excluding hydrogens is 393 g/mol. The lowest BCUT2D eigenvalue weighted by Gasteiger charge is -2.22. The summed E-state index contributed by atoms with van der Waals surface area (Å²) in [6.45, 7) is 0. The number of carbonyl (C=O) groups is 1.